The Morgan fingerprint density at radius 3 is 2.87 bits per heavy atom. The van der Waals surface area contributed by atoms with Crippen LogP contribution in [0, 0.1) is 0 Å². The van der Waals surface area contributed by atoms with E-state index in [1.165, 1.54) is 0 Å². The number of amides is 1. The van der Waals surface area contributed by atoms with Gasteiger partial charge in [0.05, 0.1) is 6.61 Å². The van der Waals surface area contributed by atoms with Crippen LogP contribution in [0.3, 0.4) is 0 Å². The summed E-state index contributed by atoms with van der Waals surface area (Å²) in [4.78, 5) is 14.2. The predicted octanol–water partition coefficient (Wildman–Crippen LogP) is 1.81. The highest BCUT2D eigenvalue weighted by atomic mass is 35.5. The third-order valence-electron chi connectivity index (χ3n) is 3.55. The highest BCUT2D eigenvalue weighted by molar-refractivity contribution is 5.85. The molecule has 1 aliphatic heterocycles. The van der Waals surface area contributed by atoms with Crippen molar-refractivity contribution in [3.63, 3.8) is 0 Å². The summed E-state index contributed by atoms with van der Waals surface area (Å²) in [6.07, 6.45) is 1.37. The highest BCUT2D eigenvalue weighted by Gasteiger charge is 2.17. The zero-order chi connectivity index (χ0) is 15.8. The first-order valence-electron chi connectivity index (χ1n) is 7.54. The van der Waals surface area contributed by atoms with Gasteiger partial charge in [0.1, 0.15) is 0 Å². The zero-order valence-electron chi connectivity index (χ0n) is 13.7. The van der Waals surface area contributed by atoms with Crippen molar-refractivity contribution in [2.75, 3.05) is 40.6 Å². The molecule has 1 N–H and O–H groups in total. The molecule has 0 unspecified atom stereocenters. The molecule has 0 atom stereocenters. The Balaban J connectivity index is 0.00000264. The fourth-order valence-electron chi connectivity index (χ4n) is 2.33. The molecule has 2 rings (SSSR count). The normalized spacial score (nSPS) is 11.9. The number of hydrogen-bond donors (Lipinski definition) is 1. The second kappa shape index (κ2) is 10.3. The van der Waals surface area contributed by atoms with E-state index in [4.69, 9.17) is 14.2 Å². The van der Waals surface area contributed by atoms with Gasteiger partial charge in [-0.25, -0.2) is 0 Å². The topological polar surface area (TPSA) is 60.0 Å². The Bertz CT molecular complexity index is 499. The molecule has 1 amide bonds. The number of ether oxygens (including phenoxy) is 3. The van der Waals surface area contributed by atoms with Crippen LogP contribution in [0.2, 0.25) is 0 Å². The van der Waals surface area contributed by atoms with Crippen LogP contribution in [0.25, 0.3) is 0 Å². The number of carbonyl (C=O) groups excluding carboxylic acids is 1. The van der Waals surface area contributed by atoms with Gasteiger partial charge in [0.15, 0.2) is 11.5 Å². The lowest BCUT2D eigenvalue weighted by atomic mass is 10.1. The Morgan fingerprint density at radius 1 is 1.35 bits per heavy atom. The first-order chi connectivity index (χ1) is 10.7. The summed E-state index contributed by atoms with van der Waals surface area (Å²) in [6.45, 7) is 2.77. The molecule has 0 saturated heterocycles. The van der Waals surface area contributed by atoms with E-state index >= 15 is 0 Å². The average Bonchev–Trinajstić information content (AvgIpc) is 2.99. The highest BCUT2D eigenvalue weighted by Crippen LogP contribution is 2.32. The predicted molar refractivity (Wildman–Crippen MR) is 90.3 cm³/mol. The van der Waals surface area contributed by atoms with Crippen molar-refractivity contribution < 1.29 is 19.0 Å². The van der Waals surface area contributed by atoms with Crippen LogP contribution in [0.4, 0.5) is 0 Å². The lowest BCUT2D eigenvalue weighted by molar-refractivity contribution is -0.132. The summed E-state index contributed by atoms with van der Waals surface area (Å²) >= 11 is 0. The molecule has 1 aliphatic rings. The van der Waals surface area contributed by atoms with Gasteiger partial charge in [0.25, 0.3) is 0 Å². The molecule has 0 bridgehead atoms. The van der Waals surface area contributed by atoms with Crippen LogP contribution in [0.5, 0.6) is 11.5 Å². The number of nitrogens with one attached hydrogen (secondary N) is 1. The summed E-state index contributed by atoms with van der Waals surface area (Å²) < 4.78 is 15.8. The third kappa shape index (κ3) is 5.89. The second-order valence-electron chi connectivity index (χ2n) is 5.20. The van der Waals surface area contributed by atoms with Gasteiger partial charge in [-0.05, 0) is 37.7 Å². The average molecular weight is 345 g/mol. The molecule has 0 fully saturated rings. The number of halogens is 1. The van der Waals surface area contributed by atoms with Gasteiger partial charge in [-0.15, -0.1) is 12.4 Å². The number of benzene rings is 1. The summed E-state index contributed by atoms with van der Waals surface area (Å²) in [5.41, 5.74) is 1.03. The van der Waals surface area contributed by atoms with Crippen molar-refractivity contribution in [2.24, 2.45) is 0 Å². The molecule has 23 heavy (non-hydrogen) atoms. The Kier molecular flexibility index (Phi) is 8.76. The molecule has 7 heteroatoms. The fraction of sp³-hybridized carbons (Fsp3) is 0.562. The minimum atomic E-state index is 0. The van der Waals surface area contributed by atoms with E-state index in [2.05, 4.69) is 5.32 Å². The minimum absolute atomic E-state index is 0. The first-order valence-corrected chi connectivity index (χ1v) is 7.54. The van der Waals surface area contributed by atoms with Crippen molar-refractivity contribution in [3.8, 4) is 11.5 Å². The molecular formula is C16H25ClN2O4. The summed E-state index contributed by atoms with van der Waals surface area (Å²) in [5.74, 6) is 1.64. The molecule has 1 heterocycles. The lowest BCUT2D eigenvalue weighted by Crippen LogP contribution is -2.33. The first kappa shape index (κ1) is 19.5. The Labute approximate surface area is 143 Å². The smallest absolute Gasteiger partial charge is 0.231 e. The molecule has 0 spiro atoms. The van der Waals surface area contributed by atoms with Crippen LogP contribution in [-0.4, -0.2) is 51.5 Å². The van der Waals surface area contributed by atoms with Gasteiger partial charge in [0.2, 0.25) is 12.7 Å². The van der Waals surface area contributed by atoms with Crippen LogP contribution in [0.1, 0.15) is 18.4 Å². The van der Waals surface area contributed by atoms with Crippen LogP contribution >= 0.6 is 12.4 Å². The number of fused-ring (bicyclic) bond motifs is 1. The van der Waals surface area contributed by atoms with E-state index in [1.807, 2.05) is 30.1 Å². The lowest BCUT2D eigenvalue weighted by Gasteiger charge is -2.22. The van der Waals surface area contributed by atoms with Crippen molar-refractivity contribution in [2.45, 2.75) is 19.4 Å². The quantitative estimate of drug-likeness (QED) is 0.692. The second-order valence-corrected chi connectivity index (χ2v) is 5.20. The van der Waals surface area contributed by atoms with Gasteiger partial charge < -0.3 is 24.4 Å². The van der Waals surface area contributed by atoms with Gasteiger partial charge in [-0.2, -0.15) is 0 Å². The van der Waals surface area contributed by atoms with Crippen LogP contribution < -0.4 is 14.8 Å². The summed E-state index contributed by atoms with van der Waals surface area (Å²) in [6, 6.07) is 5.79. The molecule has 1 aromatic carbocycles. The van der Waals surface area contributed by atoms with Crippen molar-refractivity contribution >= 4 is 18.3 Å². The van der Waals surface area contributed by atoms with E-state index in [0.717, 1.165) is 30.0 Å². The van der Waals surface area contributed by atoms with E-state index in [1.54, 1.807) is 7.11 Å². The third-order valence-corrected chi connectivity index (χ3v) is 3.55. The van der Waals surface area contributed by atoms with E-state index < -0.39 is 0 Å². The Hall–Kier alpha value is -1.50. The largest absolute Gasteiger partial charge is 0.454 e. The molecule has 6 nitrogen and oxygen atoms in total. The van der Waals surface area contributed by atoms with E-state index in [9.17, 15) is 4.79 Å². The number of carbonyl (C=O) groups is 1. The molecule has 0 aliphatic carbocycles. The van der Waals surface area contributed by atoms with Gasteiger partial charge in [-0.1, -0.05) is 6.07 Å². The fourth-order valence-corrected chi connectivity index (χ4v) is 2.33. The number of rotatable bonds is 9. The number of methoxy groups -OCH3 is 1. The van der Waals surface area contributed by atoms with Crippen molar-refractivity contribution in [3.05, 3.63) is 23.8 Å². The summed E-state index contributed by atoms with van der Waals surface area (Å²) in [7, 11) is 3.53. The number of hydrogen-bond acceptors (Lipinski definition) is 5. The molecule has 1 aromatic rings. The molecule has 0 aromatic heterocycles. The molecule has 0 saturated carbocycles. The maximum atomic E-state index is 12.3. The number of nitrogens with zero attached hydrogens (tertiary/aromatic N) is 1. The maximum absolute atomic E-state index is 12.3. The van der Waals surface area contributed by atoms with E-state index in [-0.39, 0.29) is 25.1 Å². The standard InChI is InChI=1S/C16H24N2O4.ClH/c1-17-7-3-4-16(19)18(8-9-20-2)11-13-5-6-14-15(10-13)22-12-21-14;/h5-6,10,17H,3-4,7-9,11-12H2,1-2H3;1H. The van der Waals surface area contributed by atoms with Crippen molar-refractivity contribution in [1.29, 1.82) is 0 Å². The van der Waals surface area contributed by atoms with Gasteiger partial charge in [-0.3, -0.25) is 4.79 Å². The SMILES string of the molecule is CNCCCC(=O)N(CCOC)Cc1ccc2c(c1)OCO2.Cl. The monoisotopic (exact) mass is 344 g/mol. The van der Waals surface area contributed by atoms with Gasteiger partial charge in [0, 0.05) is 26.6 Å². The van der Waals surface area contributed by atoms with Crippen LogP contribution in [0.15, 0.2) is 18.2 Å². The maximum Gasteiger partial charge on any atom is 0.231 e. The molecule has 130 valence electrons. The van der Waals surface area contributed by atoms with Crippen molar-refractivity contribution in [1.82, 2.24) is 10.2 Å². The molecular weight excluding hydrogens is 320 g/mol. The van der Waals surface area contributed by atoms with Crippen LogP contribution in [-0.2, 0) is 16.1 Å². The van der Waals surface area contributed by atoms with E-state index in [0.29, 0.717) is 26.1 Å². The zero-order valence-corrected chi connectivity index (χ0v) is 14.5. The summed E-state index contributed by atoms with van der Waals surface area (Å²) in [5, 5.41) is 3.06. The van der Waals surface area contributed by atoms with Gasteiger partial charge >= 0.3 is 0 Å². The molecule has 0 radical (unpaired) electrons. The minimum Gasteiger partial charge on any atom is -0.454 e. The Morgan fingerprint density at radius 2 is 2.13 bits per heavy atom.